The zero-order valence-corrected chi connectivity index (χ0v) is 15.6. The highest BCUT2D eigenvalue weighted by Gasteiger charge is 2.18. The number of benzene rings is 2. The number of nitrogens with one attached hydrogen (secondary N) is 2. The zero-order chi connectivity index (χ0) is 19.8. The van der Waals surface area contributed by atoms with Crippen LogP contribution >= 0.6 is 0 Å². The molecule has 2 aromatic carbocycles. The van der Waals surface area contributed by atoms with Crippen LogP contribution in [0.4, 0.5) is 10.2 Å². The van der Waals surface area contributed by atoms with Gasteiger partial charge in [-0.2, -0.15) is 0 Å². The van der Waals surface area contributed by atoms with Crippen LogP contribution in [-0.2, 0) is 0 Å². The molecule has 0 radical (unpaired) electrons. The van der Waals surface area contributed by atoms with Gasteiger partial charge in [-0.25, -0.2) is 24.3 Å². The van der Waals surface area contributed by atoms with E-state index in [4.69, 9.17) is 4.98 Å². The van der Waals surface area contributed by atoms with E-state index in [2.05, 4.69) is 25.3 Å². The van der Waals surface area contributed by atoms with Crippen LogP contribution in [-0.4, -0.2) is 24.9 Å². The highest BCUT2D eigenvalue weighted by molar-refractivity contribution is 5.85. The summed E-state index contributed by atoms with van der Waals surface area (Å²) in [5.74, 6) is 0.294. The standard InChI is InChI=1S/C22H17FN6/c1-13(28-22-20-21(25-11-24-20)26-12-27-22)16-10-15-8-5-9-17(23)19(15)29-18(16)14-6-3-2-4-7-14/h2-13H,1H3,(H2,24,25,26,27,28)/t13-/m0/s1. The van der Waals surface area contributed by atoms with E-state index in [1.807, 2.05) is 49.4 Å². The van der Waals surface area contributed by atoms with Crippen molar-refractivity contribution in [1.82, 2.24) is 24.9 Å². The Kier molecular flexibility index (Phi) is 4.13. The van der Waals surface area contributed by atoms with Crippen molar-refractivity contribution >= 4 is 27.9 Å². The first-order chi connectivity index (χ1) is 14.2. The Hall–Kier alpha value is -3.87. The molecule has 5 rings (SSSR count). The lowest BCUT2D eigenvalue weighted by Crippen LogP contribution is -2.11. The van der Waals surface area contributed by atoms with Crippen LogP contribution in [0, 0.1) is 5.82 Å². The Labute approximate surface area is 165 Å². The number of para-hydroxylation sites is 1. The molecule has 3 aromatic heterocycles. The molecule has 6 nitrogen and oxygen atoms in total. The number of halogens is 1. The van der Waals surface area contributed by atoms with Crippen molar-refractivity contribution in [1.29, 1.82) is 0 Å². The summed E-state index contributed by atoms with van der Waals surface area (Å²) in [6.07, 6.45) is 3.08. The summed E-state index contributed by atoms with van der Waals surface area (Å²) in [7, 11) is 0. The first-order valence-electron chi connectivity index (χ1n) is 9.26. The van der Waals surface area contributed by atoms with Crippen LogP contribution in [0.3, 0.4) is 0 Å². The minimum Gasteiger partial charge on any atom is -0.362 e. The molecule has 0 amide bonds. The molecule has 0 unspecified atom stereocenters. The van der Waals surface area contributed by atoms with Gasteiger partial charge in [0.2, 0.25) is 0 Å². The molecule has 2 N–H and O–H groups in total. The van der Waals surface area contributed by atoms with Gasteiger partial charge in [0.1, 0.15) is 23.2 Å². The fourth-order valence-corrected chi connectivity index (χ4v) is 3.49. The molecular formula is C22H17FN6. The number of nitrogens with zero attached hydrogens (tertiary/aromatic N) is 4. The van der Waals surface area contributed by atoms with E-state index >= 15 is 0 Å². The van der Waals surface area contributed by atoms with E-state index in [9.17, 15) is 4.39 Å². The Balaban J connectivity index is 1.65. The second-order valence-corrected chi connectivity index (χ2v) is 6.79. The molecule has 0 aliphatic heterocycles. The van der Waals surface area contributed by atoms with Gasteiger partial charge >= 0.3 is 0 Å². The lowest BCUT2D eigenvalue weighted by molar-refractivity contribution is 0.637. The van der Waals surface area contributed by atoms with Gasteiger partial charge in [-0.1, -0.05) is 42.5 Å². The van der Waals surface area contributed by atoms with Crippen LogP contribution < -0.4 is 5.32 Å². The summed E-state index contributed by atoms with van der Waals surface area (Å²) in [5, 5.41) is 4.16. The van der Waals surface area contributed by atoms with Gasteiger partial charge < -0.3 is 10.3 Å². The van der Waals surface area contributed by atoms with Crippen molar-refractivity contribution in [2.75, 3.05) is 5.32 Å². The molecule has 1 atom stereocenters. The number of fused-ring (bicyclic) bond motifs is 2. The third-order valence-corrected chi connectivity index (χ3v) is 4.91. The highest BCUT2D eigenvalue weighted by Crippen LogP contribution is 2.32. The molecule has 0 bridgehead atoms. The first kappa shape index (κ1) is 17.2. The van der Waals surface area contributed by atoms with Gasteiger partial charge in [-0.3, -0.25) is 0 Å². The minimum absolute atomic E-state index is 0.153. The molecule has 0 aliphatic carbocycles. The second-order valence-electron chi connectivity index (χ2n) is 6.79. The molecule has 0 saturated carbocycles. The van der Waals surface area contributed by atoms with Crippen LogP contribution in [0.5, 0.6) is 0 Å². The Morgan fingerprint density at radius 2 is 1.83 bits per heavy atom. The lowest BCUT2D eigenvalue weighted by Gasteiger charge is -2.19. The average molecular weight is 384 g/mol. The zero-order valence-electron chi connectivity index (χ0n) is 15.6. The summed E-state index contributed by atoms with van der Waals surface area (Å²) >= 11 is 0. The van der Waals surface area contributed by atoms with Crippen molar-refractivity contribution in [2.24, 2.45) is 0 Å². The molecule has 0 fully saturated rings. The maximum atomic E-state index is 14.4. The Morgan fingerprint density at radius 1 is 0.966 bits per heavy atom. The van der Waals surface area contributed by atoms with E-state index in [0.29, 0.717) is 22.5 Å². The number of hydrogen-bond acceptors (Lipinski definition) is 5. The summed E-state index contributed by atoms with van der Waals surface area (Å²) in [6, 6.07) is 16.6. The molecular weight excluding hydrogens is 367 g/mol. The van der Waals surface area contributed by atoms with E-state index < -0.39 is 0 Å². The fraction of sp³-hybridized carbons (Fsp3) is 0.0909. The normalized spacial score (nSPS) is 12.3. The van der Waals surface area contributed by atoms with Crippen molar-refractivity contribution in [3.05, 3.63) is 78.6 Å². The molecule has 0 spiro atoms. The Bertz CT molecular complexity index is 1320. The van der Waals surface area contributed by atoms with Crippen LogP contribution in [0.15, 0.2) is 67.3 Å². The largest absolute Gasteiger partial charge is 0.362 e. The summed E-state index contributed by atoms with van der Waals surface area (Å²) in [5.41, 5.74) is 4.29. The van der Waals surface area contributed by atoms with Crippen LogP contribution in [0.2, 0.25) is 0 Å². The van der Waals surface area contributed by atoms with E-state index in [0.717, 1.165) is 22.2 Å². The number of anilines is 1. The quantitative estimate of drug-likeness (QED) is 0.462. The smallest absolute Gasteiger partial charge is 0.162 e. The molecule has 0 saturated heterocycles. The lowest BCUT2D eigenvalue weighted by atomic mass is 9.98. The van der Waals surface area contributed by atoms with Crippen molar-refractivity contribution < 1.29 is 4.39 Å². The molecule has 142 valence electrons. The molecule has 5 aromatic rings. The van der Waals surface area contributed by atoms with Gasteiger partial charge in [0.25, 0.3) is 0 Å². The number of imidazole rings is 1. The van der Waals surface area contributed by atoms with Crippen molar-refractivity contribution in [3.63, 3.8) is 0 Å². The molecule has 3 heterocycles. The summed E-state index contributed by atoms with van der Waals surface area (Å²) in [6.45, 7) is 2.02. The predicted octanol–water partition coefficient (Wildman–Crippen LogP) is 4.88. The predicted molar refractivity (Wildman–Crippen MR) is 111 cm³/mol. The highest BCUT2D eigenvalue weighted by atomic mass is 19.1. The number of aromatic nitrogens is 5. The maximum absolute atomic E-state index is 14.4. The monoisotopic (exact) mass is 384 g/mol. The number of pyridine rings is 1. The van der Waals surface area contributed by atoms with E-state index in [1.165, 1.54) is 12.4 Å². The van der Waals surface area contributed by atoms with E-state index in [-0.39, 0.29) is 11.9 Å². The fourth-order valence-electron chi connectivity index (χ4n) is 3.49. The van der Waals surface area contributed by atoms with Crippen LogP contribution in [0.1, 0.15) is 18.5 Å². The third-order valence-electron chi connectivity index (χ3n) is 4.91. The molecule has 7 heteroatoms. The molecule has 29 heavy (non-hydrogen) atoms. The first-order valence-corrected chi connectivity index (χ1v) is 9.26. The van der Waals surface area contributed by atoms with E-state index in [1.54, 1.807) is 12.4 Å². The number of hydrogen-bond donors (Lipinski definition) is 2. The van der Waals surface area contributed by atoms with Gasteiger partial charge in [0.15, 0.2) is 11.5 Å². The summed E-state index contributed by atoms with van der Waals surface area (Å²) < 4.78 is 14.4. The minimum atomic E-state index is -0.333. The van der Waals surface area contributed by atoms with Crippen molar-refractivity contribution in [2.45, 2.75) is 13.0 Å². The van der Waals surface area contributed by atoms with Crippen molar-refractivity contribution in [3.8, 4) is 11.3 Å². The van der Waals surface area contributed by atoms with Crippen LogP contribution in [0.25, 0.3) is 33.3 Å². The Morgan fingerprint density at radius 3 is 2.69 bits per heavy atom. The summed E-state index contributed by atoms with van der Waals surface area (Å²) in [4.78, 5) is 20.5. The number of H-pyrrole nitrogens is 1. The van der Waals surface area contributed by atoms with Gasteiger partial charge in [-0.05, 0) is 19.1 Å². The maximum Gasteiger partial charge on any atom is 0.162 e. The van der Waals surface area contributed by atoms with Gasteiger partial charge in [-0.15, -0.1) is 0 Å². The third kappa shape index (κ3) is 3.06. The van der Waals surface area contributed by atoms with Gasteiger partial charge in [0.05, 0.1) is 18.1 Å². The number of aromatic amines is 1. The second kappa shape index (κ2) is 6.94. The number of rotatable bonds is 4. The molecule has 0 aliphatic rings. The average Bonchev–Trinajstić information content (AvgIpc) is 3.24. The topological polar surface area (TPSA) is 79.4 Å². The van der Waals surface area contributed by atoms with Gasteiger partial charge in [0, 0.05) is 16.5 Å². The SMILES string of the molecule is C[C@H](Nc1ncnc2[nH]cnc12)c1cc2cccc(F)c2nc1-c1ccccc1.